The summed E-state index contributed by atoms with van der Waals surface area (Å²) in [6.45, 7) is 8.84. The van der Waals surface area contributed by atoms with Crippen molar-refractivity contribution in [3.63, 3.8) is 0 Å². The Balaban J connectivity index is 2.14. The molecule has 0 aromatic heterocycles. The molecule has 2 fully saturated rings. The van der Waals surface area contributed by atoms with Gasteiger partial charge in [-0.05, 0) is 68.6 Å². The van der Waals surface area contributed by atoms with Gasteiger partial charge in [0.2, 0.25) is 0 Å². The number of esters is 1. The average Bonchev–Trinajstić information content (AvgIpc) is 2.63. The number of aliphatic carboxylic acids is 1. The van der Waals surface area contributed by atoms with Gasteiger partial charge in [-0.3, -0.25) is 9.59 Å². The van der Waals surface area contributed by atoms with E-state index < -0.39 is 17.5 Å². The fraction of sp³-hybridized carbons (Fsp3) is 0.875. The second kappa shape index (κ2) is 9.80. The normalized spacial score (nSPS) is 37.1. The van der Waals surface area contributed by atoms with Crippen LogP contribution in [0, 0.1) is 28.6 Å². The first-order valence-electron chi connectivity index (χ1n) is 11.5. The van der Waals surface area contributed by atoms with Gasteiger partial charge in [-0.1, -0.05) is 27.2 Å². The number of carboxylic acids is 1. The van der Waals surface area contributed by atoms with Gasteiger partial charge in [0, 0.05) is 11.8 Å². The Morgan fingerprint density at radius 3 is 2.50 bits per heavy atom. The molecule has 2 N–H and O–H groups in total. The van der Waals surface area contributed by atoms with Crippen molar-refractivity contribution in [1.82, 2.24) is 0 Å². The predicted molar refractivity (Wildman–Crippen MR) is 114 cm³/mol. The molecule has 6 heteroatoms. The fourth-order valence-corrected chi connectivity index (χ4v) is 6.51. The average molecular weight is 425 g/mol. The number of hydrogen-bond acceptors (Lipinski definition) is 5. The maximum Gasteiger partial charge on any atom is 0.306 e. The van der Waals surface area contributed by atoms with E-state index in [2.05, 4.69) is 20.8 Å². The van der Waals surface area contributed by atoms with Crippen molar-refractivity contribution in [1.29, 1.82) is 0 Å². The highest BCUT2D eigenvalue weighted by atomic mass is 16.5. The molecule has 6 nitrogen and oxygen atoms in total. The molecule has 30 heavy (non-hydrogen) atoms. The second-order valence-corrected chi connectivity index (χ2v) is 10.7. The summed E-state index contributed by atoms with van der Waals surface area (Å²) in [5.41, 5.74) is -0.958. The van der Waals surface area contributed by atoms with E-state index in [0.29, 0.717) is 24.9 Å². The predicted octanol–water partition coefficient (Wildman–Crippen LogP) is 4.37. The van der Waals surface area contributed by atoms with Crippen molar-refractivity contribution in [3.8, 4) is 0 Å². The summed E-state index contributed by atoms with van der Waals surface area (Å²) in [5, 5.41) is 20.0. The van der Waals surface area contributed by atoms with Gasteiger partial charge in [0.05, 0.1) is 25.0 Å². The van der Waals surface area contributed by atoms with Crippen LogP contribution in [0.5, 0.6) is 0 Å². The highest BCUT2D eigenvalue weighted by Crippen LogP contribution is 2.63. The molecule has 0 aliphatic heterocycles. The van der Waals surface area contributed by atoms with E-state index in [4.69, 9.17) is 9.84 Å². The maximum absolute atomic E-state index is 12.0. The topological polar surface area (TPSA) is 101 Å². The van der Waals surface area contributed by atoms with Crippen LogP contribution >= 0.6 is 0 Å². The summed E-state index contributed by atoms with van der Waals surface area (Å²) in [6.07, 6.45) is 7.69. The Morgan fingerprint density at radius 2 is 1.87 bits per heavy atom. The summed E-state index contributed by atoms with van der Waals surface area (Å²) in [4.78, 5) is 33.6. The third-order valence-electron chi connectivity index (χ3n) is 8.14. The van der Waals surface area contributed by atoms with Crippen molar-refractivity contribution in [3.05, 3.63) is 0 Å². The molecule has 2 aliphatic rings. The number of rotatable bonds is 10. The number of aliphatic hydroxyl groups is 1. The van der Waals surface area contributed by atoms with Gasteiger partial charge in [0.15, 0.2) is 0 Å². The second-order valence-electron chi connectivity index (χ2n) is 10.7. The number of carboxylic acid groups (broad SMARTS) is 1. The largest absolute Gasteiger partial charge is 0.481 e. The maximum atomic E-state index is 12.0. The number of fused-ring (bicyclic) bond motifs is 1. The molecule has 0 aromatic carbocycles. The molecule has 0 amide bonds. The summed E-state index contributed by atoms with van der Waals surface area (Å²) in [6, 6.07) is 0. The molecule has 2 aliphatic carbocycles. The molecule has 2 rings (SSSR count). The molecule has 0 saturated heterocycles. The number of carbonyl (C=O) groups is 3. The Hall–Kier alpha value is -1.43. The summed E-state index contributed by atoms with van der Waals surface area (Å²) in [7, 11) is 0. The van der Waals surface area contributed by atoms with Crippen molar-refractivity contribution in [2.24, 2.45) is 28.6 Å². The molecule has 0 heterocycles. The van der Waals surface area contributed by atoms with E-state index in [1.165, 1.54) is 0 Å². The molecule has 2 saturated carbocycles. The van der Waals surface area contributed by atoms with Crippen LogP contribution in [-0.2, 0) is 19.1 Å². The zero-order valence-corrected chi connectivity index (χ0v) is 19.1. The monoisotopic (exact) mass is 424 g/mol. The van der Waals surface area contributed by atoms with Crippen molar-refractivity contribution < 1.29 is 29.3 Å². The van der Waals surface area contributed by atoms with Crippen LogP contribution in [0.4, 0.5) is 0 Å². The third-order valence-corrected chi connectivity index (χ3v) is 8.14. The summed E-state index contributed by atoms with van der Waals surface area (Å²) >= 11 is 0. The lowest BCUT2D eigenvalue weighted by Gasteiger charge is -2.61. The van der Waals surface area contributed by atoms with Gasteiger partial charge >= 0.3 is 11.9 Å². The minimum absolute atomic E-state index is 0.0525. The Bertz CT molecular complexity index is 629. The molecule has 0 unspecified atom stereocenters. The first-order valence-corrected chi connectivity index (χ1v) is 11.5. The van der Waals surface area contributed by atoms with Crippen LogP contribution in [0.25, 0.3) is 0 Å². The number of ether oxygens (including phenoxy) is 1. The van der Waals surface area contributed by atoms with Crippen LogP contribution in [0.1, 0.15) is 91.9 Å². The minimum Gasteiger partial charge on any atom is -0.481 e. The molecule has 0 aromatic rings. The quantitative estimate of drug-likeness (QED) is 0.399. The Morgan fingerprint density at radius 1 is 1.17 bits per heavy atom. The number of aldehydes is 1. The zero-order chi connectivity index (χ0) is 22.6. The highest BCUT2D eigenvalue weighted by molar-refractivity contribution is 5.76. The highest BCUT2D eigenvalue weighted by Gasteiger charge is 2.59. The molecule has 6 atom stereocenters. The summed E-state index contributed by atoms with van der Waals surface area (Å²) < 4.78 is 5.54. The lowest BCUT2D eigenvalue weighted by atomic mass is 9.45. The molecular weight excluding hydrogens is 384 g/mol. The standard InChI is InChI=1S/C24H40O6/c1-17(11-15-25)6-7-19-23(3)13-5-12-22(2,18(23)10-14-24(19,4)29)16-30-21(28)9-8-20(26)27/h15,17-19,29H,5-14,16H2,1-4H3,(H,26,27)/t17-,18+,19-,22+,23+,24-/m0/s1. The van der Waals surface area contributed by atoms with Gasteiger partial charge in [0.25, 0.3) is 0 Å². The van der Waals surface area contributed by atoms with E-state index in [0.717, 1.165) is 51.2 Å². The number of carbonyl (C=O) groups excluding carboxylic acids is 2. The van der Waals surface area contributed by atoms with Gasteiger partial charge < -0.3 is 19.7 Å². The first kappa shape index (κ1) is 24.8. The van der Waals surface area contributed by atoms with E-state index in [1.54, 1.807) is 0 Å². The van der Waals surface area contributed by atoms with Gasteiger partial charge in [-0.15, -0.1) is 0 Å². The fourth-order valence-electron chi connectivity index (χ4n) is 6.51. The van der Waals surface area contributed by atoms with Crippen LogP contribution < -0.4 is 0 Å². The number of hydrogen-bond donors (Lipinski definition) is 2. The SMILES string of the molecule is C[C@H](CC=O)CC[C@H]1[C@]2(C)CCC[C@](C)(COC(=O)CCC(=O)O)[C@H]2CC[C@]1(C)O. The van der Waals surface area contributed by atoms with Gasteiger partial charge in [-0.2, -0.15) is 0 Å². The molecular formula is C24H40O6. The van der Waals surface area contributed by atoms with Crippen molar-refractivity contribution in [2.45, 2.75) is 97.5 Å². The minimum atomic E-state index is -0.996. The van der Waals surface area contributed by atoms with Crippen LogP contribution in [0.2, 0.25) is 0 Å². The van der Waals surface area contributed by atoms with Crippen LogP contribution in [0.15, 0.2) is 0 Å². The third kappa shape index (κ3) is 5.63. The van der Waals surface area contributed by atoms with E-state index >= 15 is 0 Å². The zero-order valence-electron chi connectivity index (χ0n) is 19.1. The van der Waals surface area contributed by atoms with Crippen molar-refractivity contribution >= 4 is 18.2 Å². The molecule has 0 bridgehead atoms. The van der Waals surface area contributed by atoms with Crippen molar-refractivity contribution in [2.75, 3.05) is 6.61 Å². The van der Waals surface area contributed by atoms with Gasteiger partial charge in [-0.25, -0.2) is 0 Å². The van der Waals surface area contributed by atoms with E-state index in [9.17, 15) is 19.5 Å². The van der Waals surface area contributed by atoms with Gasteiger partial charge in [0.1, 0.15) is 6.29 Å². The molecule has 172 valence electrons. The summed E-state index contributed by atoms with van der Waals surface area (Å²) in [5.74, 6) is -0.664. The Kier molecular flexibility index (Phi) is 8.11. The smallest absolute Gasteiger partial charge is 0.306 e. The Labute approximate surface area is 180 Å². The lowest BCUT2D eigenvalue weighted by molar-refractivity contribution is -0.188. The van der Waals surface area contributed by atoms with Crippen LogP contribution in [0.3, 0.4) is 0 Å². The van der Waals surface area contributed by atoms with E-state index in [1.807, 2.05) is 6.92 Å². The molecule has 0 spiro atoms. The first-order chi connectivity index (χ1) is 13.9. The van der Waals surface area contributed by atoms with Crippen LogP contribution in [-0.4, -0.2) is 40.6 Å². The lowest BCUT2D eigenvalue weighted by Crippen LogP contribution is -2.59. The molecule has 0 radical (unpaired) electrons. The van der Waals surface area contributed by atoms with E-state index in [-0.39, 0.29) is 29.6 Å².